The van der Waals surface area contributed by atoms with E-state index in [1.807, 2.05) is 43.5 Å². The highest BCUT2D eigenvalue weighted by Gasteiger charge is 2.43. The number of amides is 1. The molecule has 0 radical (unpaired) electrons. The standard InChI is InChI=1S/C23H28N4O3/c1-17(16-26-11-13-27(14-12-26)20-9-5-6-10-24-20)25-22(29)23(2)15-18-7-3-4-8-19(18)21(28)30-23/h3-10,17H,11-16H2,1-2H3,(H,25,29). The van der Waals surface area contributed by atoms with Crippen LogP contribution in [-0.4, -0.2) is 66.1 Å². The average Bonchev–Trinajstić information content (AvgIpc) is 2.75. The van der Waals surface area contributed by atoms with E-state index in [0.717, 1.165) is 44.1 Å². The number of carbonyl (C=O) groups excluding carboxylic acids is 2. The Kier molecular flexibility index (Phi) is 5.72. The second-order valence-corrected chi connectivity index (χ2v) is 8.30. The summed E-state index contributed by atoms with van der Waals surface area (Å²) in [4.78, 5) is 34.3. The zero-order chi connectivity index (χ0) is 21.1. The topological polar surface area (TPSA) is 74.8 Å². The van der Waals surface area contributed by atoms with Crippen LogP contribution < -0.4 is 10.2 Å². The summed E-state index contributed by atoms with van der Waals surface area (Å²) in [7, 11) is 0. The van der Waals surface area contributed by atoms with Gasteiger partial charge in [0.25, 0.3) is 5.91 Å². The third-order valence-electron chi connectivity index (χ3n) is 5.82. The van der Waals surface area contributed by atoms with Crippen LogP contribution in [0.15, 0.2) is 48.7 Å². The van der Waals surface area contributed by atoms with Crippen molar-refractivity contribution in [3.63, 3.8) is 0 Å². The smallest absolute Gasteiger partial charge is 0.339 e. The van der Waals surface area contributed by atoms with Crippen LogP contribution in [0.2, 0.25) is 0 Å². The van der Waals surface area contributed by atoms with Gasteiger partial charge in [0.05, 0.1) is 5.56 Å². The molecule has 0 spiro atoms. The zero-order valence-electron chi connectivity index (χ0n) is 17.5. The van der Waals surface area contributed by atoms with Crippen LogP contribution in [-0.2, 0) is 16.0 Å². The lowest BCUT2D eigenvalue weighted by atomic mass is 9.89. The molecule has 2 aliphatic heterocycles. The highest BCUT2D eigenvalue weighted by Crippen LogP contribution is 2.28. The Morgan fingerprint density at radius 1 is 1.17 bits per heavy atom. The maximum atomic E-state index is 12.9. The predicted octanol–water partition coefficient (Wildman–Crippen LogP) is 1.88. The number of piperazine rings is 1. The van der Waals surface area contributed by atoms with Crippen LogP contribution in [0.1, 0.15) is 29.8 Å². The maximum Gasteiger partial charge on any atom is 0.339 e. The fourth-order valence-electron chi connectivity index (χ4n) is 4.17. The second-order valence-electron chi connectivity index (χ2n) is 8.30. The van der Waals surface area contributed by atoms with Crippen molar-refractivity contribution in [2.24, 2.45) is 0 Å². The number of hydrogen-bond donors (Lipinski definition) is 1. The number of aromatic nitrogens is 1. The summed E-state index contributed by atoms with van der Waals surface area (Å²) in [6.07, 6.45) is 2.20. The molecule has 0 saturated carbocycles. The fourth-order valence-corrected chi connectivity index (χ4v) is 4.17. The summed E-state index contributed by atoms with van der Waals surface area (Å²) in [5.74, 6) is 0.323. The van der Waals surface area contributed by atoms with E-state index in [2.05, 4.69) is 20.1 Å². The van der Waals surface area contributed by atoms with E-state index in [9.17, 15) is 9.59 Å². The number of fused-ring (bicyclic) bond motifs is 1. The van der Waals surface area contributed by atoms with Gasteiger partial charge in [-0.15, -0.1) is 0 Å². The molecule has 3 heterocycles. The Morgan fingerprint density at radius 2 is 1.90 bits per heavy atom. The number of nitrogens with zero attached hydrogens (tertiary/aromatic N) is 3. The highest BCUT2D eigenvalue weighted by molar-refractivity contribution is 5.97. The minimum absolute atomic E-state index is 0.0494. The Morgan fingerprint density at radius 3 is 2.63 bits per heavy atom. The first-order valence-electron chi connectivity index (χ1n) is 10.5. The number of rotatable bonds is 5. The average molecular weight is 409 g/mol. The number of ether oxygens (including phenoxy) is 1. The molecule has 1 N–H and O–H groups in total. The van der Waals surface area contributed by atoms with Crippen LogP contribution >= 0.6 is 0 Å². The summed E-state index contributed by atoms with van der Waals surface area (Å²) in [6.45, 7) is 8.07. The first kappa shape index (κ1) is 20.3. The van der Waals surface area contributed by atoms with Crippen molar-refractivity contribution in [2.45, 2.75) is 31.9 Å². The molecular formula is C23H28N4O3. The molecule has 2 aliphatic rings. The minimum Gasteiger partial charge on any atom is -0.445 e. The number of cyclic esters (lactones) is 1. The molecule has 30 heavy (non-hydrogen) atoms. The van der Waals surface area contributed by atoms with Crippen molar-refractivity contribution in [1.82, 2.24) is 15.2 Å². The zero-order valence-corrected chi connectivity index (χ0v) is 17.5. The molecule has 4 rings (SSSR count). The molecule has 158 valence electrons. The van der Waals surface area contributed by atoms with Crippen LogP contribution in [0.4, 0.5) is 5.82 Å². The van der Waals surface area contributed by atoms with Gasteiger partial charge in [0.1, 0.15) is 5.82 Å². The summed E-state index contributed by atoms with van der Waals surface area (Å²) in [5, 5.41) is 3.05. The molecule has 2 unspecified atom stereocenters. The van der Waals surface area contributed by atoms with Crippen LogP contribution in [0.3, 0.4) is 0 Å². The van der Waals surface area contributed by atoms with Crippen LogP contribution in [0.25, 0.3) is 0 Å². The van der Waals surface area contributed by atoms with Crippen molar-refractivity contribution < 1.29 is 14.3 Å². The number of carbonyl (C=O) groups is 2. The molecule has 7 nitrogen and oxygen atoms in total. The Bertz CT molecular complexity index is 912. The van der Waals surface area contributed by atoms with Gasteiger partial charge in [0, 0.05) is 51.4 Å². The SMILES string of the molecule is CC(CN1CCN(c2ccccn2)CC1)NC(=O)C1(C)Cc2ccccc2C(=O)O1. The Labute approximate surface area is 177 Å². The van der Waals surface area contributed by atoms with Gasteiger partial charge >= 0.3 is 5.97 Å². The van der Waals surface area contributed by atoms with Crippen molar-refractivity contribution in [3.8, 4) is 0 Å². The molecule has 0 aliphatic carbocycles. The van der Waals surface area contributed by atoms with Gasteiger partial charge in [-0.05, 0) is 37.6 Å². The number of benzene rings is 1. The van der Waals surface area contributed by atoms with Crippen LogP contribution in [0, 0.1) is 0 Å². The number of esters is 1. The van der Waals surface area contributed by atoms with E-state index in [1.54, 1.807) is 19.1 Å². The van der Waals surface area contributed by atoms with Gasteiger partial charge < -0.3 is 15.0 Å². The highest BCUT2D eigenvalue weighted by atomic mass is 16.6. The minimum atomic E-state index is -1.18. The van der Waals surface area contributed by atoms with Gasteiger partial charge in [-0.3, -0.25) is 9.69 Å². The van der Waals surface area contributed by atoms with E-state index in [4.69, 9.17) is 4.74 Å². The first-order valence-corrected chi connectivity index (χ1v) is 10.5. The van der Waals surface area contributed by atoms with Gasteiger partial charge in [-0.1, -0.05) is 24.3 Å². The number of nitrogens with one attached hydrogen (secondary N) is 1. The van der Waals surface area contributed by atoms with Crippen LogP contribution in [0.5, 0.6) is 0 Å². The molecule has 2 aromatic rings. The molecule has 1 saturated heterocycles. The third kappa shape index (κ3) is 4.31. The van der Waals surface area contributed by atoms with E-state index in [0.29, 0.717) is 12.0 Å². The Hall–Kier alpha value is -2.93. The first-order chi connectivity index (χ1) is 14.4. The summed E-state index contributed by atoms with van der Waals surface area (Å²) >= 11 is 0. The van der Waals surface area contributed by atoms with E-state index < -0.39 is 11.6 Å². The monoisotopic (exact) mass is 408 g/mol. The van der Waals surface area contributed by atoms with Crippen molar-refractivity contribution >= 4 is 17.7 Å². The molecule has 7 heteroatoms. The fraction of sp³-hybridized carbons (Fsp3) is 0.435. The molecule has 2 atom stereocenters. The van der Waals surface area contributed by atoms with Crippen molar-refractivity contribution in [2.75, 3.05) is 37.6 Å². The molecular weight excluding hydrogens is 380 g/mol. The quantitative estimate of drug-likeness (QED) is 0.762. The van der Waals surface area contributed by atoms with Gasteiger partial charge in [-0.2, -0.15) is 0 Å². The third-order valence-corrected chi connectivity index (χ3v) is 5.82. The lowest BCUT2D eigenvalue weighted by Gasteiger charge is -2.37. The molecule has 1 fully saturated rings. The van der Waals surface area contributed by atoms with Crippen molar-refractivity contribution in [1.29, 1.82) is 0 Å². The number of pyridine rings is 1. The molecule has 1 amide bonds. The summed E-state index contributed by atoms with van der Waals surface area (Å²) < 4.78 is 5.54. The normalized spacial score (nSPS) is 22.7. The van der Waals surface area contributed by atoms with E-state index >= 15 is 0 Å². The van der Waals surface area contributed by atoms with Gasteiger partial charge in [0.2, 0.25) is 0 Å². The molecule has 1 aromatic carbocycles. The predicted molar refractivity (Wildman–Crippen MR) is 114 cm³/mol. The van der Waals surface area contributed by atoms with Crippen molar-refractivity contribution in [3.05, 3.63) is 59.8 Å². The second kappa shape index (κ2) is 8.44. The van der Waals surface area contributed by atoms with Gasteiger partial charge in [-0.25, -0.2) is 9.78 Å². The maximum absolute atomic E-state index is 12.9. The lowest BCUT2D eigenvalue weighted by molar-refractivity contribution is -0.140. The van der Waals surface area contributed by atoms with E-state index in [-0.39, 0.29) is 11.9 Å². The lowest BCUT2D eigenvalue weighted by Crippen LogP contribution is -2.56. The van der Waals surface area contributed by atoms with E-state index in [1.165, 1.54) is 0 Å². The molecule has 0 bridgehead atoms. The summed E-state index contributed by atoms with van der Waals surface area (Å²) in [6, 6.07) is 13.2. The number of hydrogen-bond acceptors (Lipinski definition) is 6. The Balaban J connectivity index is 1.30. The molecule has 1 aromatic heterocycles. The van der Waals surface area contributed by atoms with Gasteiger partial charge in [0.15, 0.2) is 5.60 Å². The number of anilines is 1. The largest absolute Gasteiger partial charge is 0.445 e. The summed E-state index contributed by atoms with van der Waals surface area (Å²) in [5.41, 5.74) is 0.212.